The Kier molecular flexibility index (Phi) is 6.04. The Morgan fingerprint density at radius 2 is 1.81 bits per heavy atom. The minimum Gasteiger partial charge on any atom is -0.508 e. The molecule has 0 saturated heterocycles. The molecule has 10 N–H and O–H groups in total. The van der Waals surface area contributed by atoms with Gasteiger partial charge in [0.2, 0.25) is 12.6 Å². The molecule has 6 rings (SSSR count). The maximum atomic E-state index is 13.6. The third kappa shape index (κ3) is 3.90. The molecule has 14 nitrogen and oxygen atoms in total. The van der Waals surface area contributed by atoms with Gasteiger partial charge in [-0.3, -0.25) is 14.4 Å². The van der Waals surface area contributed by atoms with Crippen molar-refractivity contribution >= 4 is 40.6 Å². The Balaban J connectivity index is 1.30. The molecular formula is C28H26N4O10. The number of fused-ring (bicyclic) bond motifs is 4. The number of anilines is 2. The number of phenolic OH excluding ortho intramolecular Hbond substituents is 1. The van der Waals surface area contributed by atoms with Gasteiger partial charge in [0.1, 0.15) is 22.8 Å². The van der Waals surface area contributed by atoms with E-state index in [2.05, 4.69) is 10.6 Å². The highest BCUT2D eigenvalue weighted by Crippen LogP contribution is 2.53. The molecule has 0 spiro atoms. The number of hydrogen-bond acceptors (Lipinski definition) is 11. The summed E-state index contributed by atoms with van der Waals surface area (Å²) in [7, 11) is 0. The summed E-state index contributed by atoms with van der Waals surface area (Å²) in [5.41, 5.74) is 8.58. The highest BCUT2D eigenvalue weighted by atomic mass is 16.7. The van der Waals surface area contributed by atoms with E-state index < -0.39 is 70.2 Å². The van der Waals surface area contributed by atoms with Gasteiger partial charge in [-0.2, -0.15) is 0 Å². The van der Waals surface area contributed by atoms with Crippen molar-refractivity contribution in [1.29, 1.82) is 0 Å². The normalized spacial score (nSPS) is 24.1. The number of benzene rings is 2. The maximum absolute atomic E-state index is 13.6. The second kappa shape index (κ2) is 9.41. The van der Waals surface area contributed by atoms with Crippen molar-refractivity contribution in [2.24, 2.45) is 17.6 Å². The van der Waals surface area contributed by atoms with Gasteiger partial charge >= 0.3 is 6.03 Å². The van der Waals surface area contributed by atoms with Gasteiger partial charge in [-0.15, -0.1) is 0 Å². The van der Waals surface area contributed by atoms with Crippen LogP contribution in [0.5, 0.6) is 17.2 Å². The topological polar surface area (TPSA) is 244 Å². The van der Waals surface area contributed by atoms with Crippen molar-refractivity contribution in [1.82, 2.24) is 5.32 Å². The molecule has 3 amide bonds. The van der Waals surface area contributed by atoms with Crippen molar-refractivity contribution in [3.05, 3.63) is 57.9 Å². The molecule has 218 valence electrons. The Bertz CT molecular complexity index is 1680. The first-order chi connectivity index (χ1) is 19.9. The van der Waals surface area contributed by atoms with Crippen LogP contribution < -0.4 is 31.6 Å². The Hall–Kier alpha value is -5.24. The van der Waals surface area contributed by atoms with Crippen LogP contribution in [-0.4, -0.2) is 56.3 Å². The van der Waals surface area contributed by atoms with Crippen LogP contribution in [0.1, 0.15) is 29.5 Å². The van der Waals surface area contributed by atoms with Crippen molar-refractivity contribution in [2.45, 2.75) is 31.4 Å². The summed E-state index contributed by atoms with van der Waals surface area (Å²) in [5.74, 6) is -6.25. The van der Waals surface area contributed by atoms with Gasteiger partial charge in [-0.25, -0.2) is 4.79 Å². The predicted molar refractivity (Wildman–Crippen MR) is 144 cm³/mol. The SMILES string of the molecule is NC(=O)C1=C(O)[C@@]2(O)C(=O)C3=C(O)c4c(O)c(CNC(=O)Nc5ccc6c(c5)OCO6)cc(N)c4CC3C[C@H]2CC1=O. The number of aliphatic hydroxyl groups is 3. The molecule has 1 unspecified atom stereocenters. The zero-order valence-electron chi connectivity index (χ0n) is 21.9. The molecule has 42 heavy (non-hydrogen) atoms. The second-order valence-electron chi connectivity index (χ2n) is 10.6. The smallest absolute Gasteiger partial charge is 0.319 e. The van der Waals surface area contributed by atoms with E-state index in [-0.39, 0.29) is 48.6 Å². The first kappa shape index (κ1) is 27.0. The minimum absolute atomic E-state index is 0.00749. The van der Waals surface area contributed by atoms with E-state index in [1.165, 1.54) is 6.07 Å². The number of aliphatic hydroxyl groups excluding tert-OH is 2. The van der Waals surface area contributed by atoms with Gasteiger partial charge < -0.3 is 52.0 Å². The van der Waals surface area contributed by atoms with E-state index in [9.17, 15) is 39.6 Å². The zero-order chi connectivity index (χ0) is 30.1. The quantitative estimate of drug-likeness (QED) is 0.145. The molecule has 2 aromatic rings. The number of urea groups is 1. The Morgan fingerprint density at radius 1 is 1.07 bits per heavy atom. The number of aromatic hydroxyl groups is 1. The summed E-state index contributed by atoms with van der Waals surface area (Å²) in [6.45, 7) is -0.148. The fraction of sp³-hybridized carbons (Fsp3) is 0.286. The number of phenols is 1. The van der Waals surface area contributed by atoms with Crippen LogP contribution in [0.2, 0.25) is 0 Å². The molecule has 1 saturated carbocycles. The Labute approximate surface area is 237 Å². The molecule has 0 bridgehead atoms. The summed E-state index contributed by atoms with van der Waals surface area (Å²) < 4.78 is 10.5. The van der Waals surface area contributed by atoms with Gasteiger partial charge in [0, 0.05) is 47.5 Å². The zero-order valence-corrected chi connectivity index (χ0v) is 21.9. The number of amides is 3. The number of primary amides is 1. The van der Waals surface area contributed by atoms with Gasteiger partial charge in [0.15, 0.2) is 22.9 Å². The average molecular weight is 579 g/mol. The number of rotatable bonds is 4. The number of carbonyl (C=O) groups excluding carboxylic acids is 4. The van der Waals surface area contributed by atoms with E-state index in [0.29, 0.717) is 22.7 Å². The molecule has 14 heteroatoms. The summed E-state index contributed by atoms with van der Waals surface area (Å²) in [5, 5.41) is 49.6. The van der Waals surface area contributed by atoms with Crippen LogP contribution >= 0.6 is 0 Å². The number of nitrogen functional groups attached to an aromatic ring is 1. The average Bonchev–Trinajstić information content (AvgIpc) is 3.39. The van der Waals surface area contributed by atoms with E-state index in [0.717, 1.165) is 0 Å². The lowest BCUT2D eigenvalue weighted by molar-refractivity contribution is -0.147. The second-order valence-corrected chi connectivity index (χ2v) is 10.6. The summed E-state index contributed by atoms with van der Waals surface area (Å²) in [6, 6.07) is 5.65. The molecule has 3 atom stereocenters. The van der Waals surface area contributed by atoms with Crippen LogP contribution in [0, 0.1) is 11.8 Å². The number of nitrogens with two attached hydrogens (primary N) is 2. The lowest BCUT2D eigenvalue weighted by Gasteiger charge is -2.46. The summed E-state index contributed by atoms with van der Waals surface area (Å²) >= 11 is 0. The maximum Gasteiger partial charge on any atom is 0.319 e. The third-order valence-corrected chi connectivity index (χ3v) is 8.25. The van der Waals surface area contributed by atoms with Crippen molar-refractivity contribution in [3.8, 4) is 17.2 Å². The molecule has 4 aliphatic rings. The van der Waals surface area contributed by atoms with Gasteiger partial charge in [0.25, 0.3) is 5.91 Å². The first-order valence-corrected chi connectivity index (χ1v) is 13.0. The van der Waals surface area contributed by atoms with Crippen molar-refractivity contribution in [3.63, 3.8) is 0 Å². The van der Waals surface area contributed by atoms with Crippen molar-refractivity contribution in [2.75, 3.05) is 17.8 Å². The van der Waals surface area contributed by atoms with E-state index >= 15 is 0 Å². The van der Waals surface area contributed by atoms with E-state index in [4.69, 9.17) is 20.9 Å². The van der Waals surface area contributed by atoms with E-state index in [1.807, 2.05) is 0 Å². The van der Waals surface area contributed by atoms with E-state index in [1.54, 1.807) is 18.2 Å². The number of carbonyl (C=O) groups is 4. The Morgan fingerprint density at radius 3 is 2.55 bits per heavy atom. The molecular weight excluding hydrogens is 552 g/mol. The van der Waals surface area contributed by atoms with Gasteiger partial charge in [0.05, 0.1) is 5.56 Å². The number of ether oxygens (including phenoxy) is 2. The van der Waals surface area contributed by atoms with Crippen LogP contribution in [-0.2, 0) is 27.3 Å². The molecule has 0 aromatic heterocycles. The molecule has 1 fully saturated rings. The molecule has 3 aliphatic carbocycles. The van der Waals surface area contributed by atoms with Gasteiger partial charge in [-0.05, 0) is 42.5 Å². The fourth-order valence-corrected chi connectivity index (χ4v) is 6.24. The molecule has 0 radical (unpaired) electrons. The van der Waals surface area contributed by atoms with Gasteiger partial charge in [-0.1, -0.05) is 0 Å². The molecule has 2 aromatic carbocycles. The number of nitrogens with one attached hydrogen (secondary N) is 2. The highest BCUT2D eigenvalue weighted by molar-refractivity contribution is 6.22. The lowest BCUT2D eigenvalue weighted by atomic mass is 9.59. The summed E-state index contributed by atoms with van der Waals surface area (Å²) in [6.07, 6.45) is -0.347. The fourth-order valence-electron chi connectivity index (χ4n) is 6.24. The predicted octanol–water partition coefficient (Wildman–Crippen LogP) is 1.06. The molecule has 1 heterocycles. The highest BCUT2D eigenvalue weighted by Gasteiger charge is 2.60. The lowest BCUT2D eigenvalue weighted by Crippen LogP contribution is -2.58. The molecule has 1 aliphatic heterocycles. The standard InChI is InChI=1S/C28H26N4O10/c29-15-5-11(8-31-27(39)32-13-1-2-17-18(7-13)42-9-41-17)22(34)20-14(15)4-10-3-12-6-16(33)21(26(30)38)25(37)28(12,40)24(36)19(10)23(20)35/h1-2,5,7,10,12,34-35,37,40H,3-4,6,8-9,29H2,(H2,30,38)(H2,31,32,39)/t10?,12-,28-/m0/s1. The minimum atomic E-state index is -2.66. The van der Waals surface area contributed by atoms with Crippen molar-refractivity contribution < 1.29 is 49.1 Å². The van der Waals surface area contributed by atoms with Crippen LogP contribution in [0.3, 0.4) is 0 Å². The number of ketones is 2. The largest absolute Gasteiger partial charge is 0.508 e. The number of hydrogen-bond donors (Lipinski definition) is 8. The third-order valence-electron chi connectivity index (χ3n) is 8.25. The number of Topliss-reactive ketones (excluding diaryl/α,β-unsaturated/α-hetero) is 2. The first-order valence-electron chi connectivity index (χ1n) is 13.0. The van der Waals surface area contributed by atoms with Crippen LogP contribution in [0.15, 0.2) is 41.2 Å². The summed E-state index contributed by atoms with van der Waals surface area (Å²) in [4.78, 5) is 50.4. The van der Waals surface area contributed by atoms with Crippen LogP contribution in [0.4, 0.5) is 16.2 Å². The van der Waals surface area contributed by atoms with Crippen LogP contribution in [0.25, 0.3) is 5.76 Å². The monoisotopic (exact) mass is 578 g/mol.